The first-order valence-corrected chi connectivity index (χ1v) is 12.4. The Morgan fingerprint density at radius 2 is 1.94 bits per heavy atom. The van der Waals surface area contributed by atoms with Crippen molar-refractivity contribution in [1.82, 2.24) is 20.9 Å². The van der Waals surface area contributed by atoms with Crippen LogP contribution in [-0.2, 0) is 19.1 Å². The summed E-state index contributed by atoms with van der Waals surface area (Å²) in [5, 5.41) is 8.99. The summed E-state index contributed by atoms with van der Waals surface area (Å²) in [6.45, 7) is 5.26. The molecule has 3 N–H and O–H groups in total. The highest BCUT2D eigenvalue weighted by molar-refractivity contribution is 5.88. The minimum absolute atomic E-state index is 0.0222. The number of unbranched alkanes of at least 4 members (excludes halogenated alkanes) is 1. The Kier molecular flexibility index (Phi) is 12.0. The molecule has 0 radical (unpaired) electrons. The van der Waals surface area contributed by atoms with E-state index in [4.69, 9.17) is 4.74 Å². The standard InChI is InChI=1S/C25H42N4O4/c1-4-5-12-21-15-25(32)29(3)18-24(31)28-17-23(30)26-14-9-11-20-10-7-6-8-13-22(20)33-19(2)16-27-21/h6,8,19,21,27H,4-5,7,9-18H2,1-3H3,(H,26,30)(H,28,31)/t19-,21?/m1/s1. The van der Waals surface area contributed by atoms with E-state index < -0.39 is 0 Å². The van der Waals surface area contributed by atoms with E-state index >= 15 is 0 Å². The first kappa shape index (κ1) is 26.9. The molecule has 0 saturated heterocycles. The van der Waals surface area contributed by atoms with Gasteiger partial charge in [0.05, 0.1) is 18.8 Å². The van der Waals surface area contributed by atoms with E-state index in [-0.39, 0.29) is 43.0 Å². The molecule has 0 aromatic heterocycles. The molecule has 8 heteroatoms. The summed E-state index contributed by atoms with van der Waals surface area (Å²) in [7, 11) is 1.63. The smallest absolute Gasteiger partial charge is 0.240 e. The Morgan fingerprint density at radius 3 is 2.73 bits per heavy atom. The van der Waals surface area contributed by atoms with E-state index in [9.17, 15) is 14.4 Å². The van der Waals surface area contributed by atoms with Crippen molar-refractivity contribution in [2.45, 2.75) is 83.8 Å². The maximum absolute atomic E-state index is 12.7. The third-order valence-electron chi connectivity index (χ3n) is 6.07. The number of rotatable bonds is 3. The van der Waals surface area contributed by atoms with E-state index in [1.165, 1.54) is 10.5 Å². The lowest BCUT2D eigenvalue weighted by atomic mass is 10.0. The zero-order valence-electron chi connectivity index (χ0n) is 20.6. The fourth-order valence-electron chi connectivity index (χ4n) is 4.09. The second kappa shape index (κ2) is 14.7. The highest BCUT2D eigenvalue weighted by atomic mass is 16.5. The lowest BCUT2D eigenvalue weighted by molar-refractivity contribution is -0.135. The predicted octanol–water partition coefficient (Wildman–Crippen LogP) is 2.41. The Balaban J connectivity index is 2.12. The number of carbonyl (C=O) groups excluding carboxylic acids is 3. The average Bonchev–Trinajstić information content (AvgIpc) is 3.01. The molecule has 1 unspecified atom stereocenters. The van der Waals surface area contributed by atoms with Gasteiger partial charge in [-0.3, -0.25) is 14.4 Å². The largest absolute Gasteiger partial charge is 0.493 e. The quantitative estimate of drug-likeness (QED) is 0.560. The van der Waals surface area contributed by atoms with Gasteiger partial charge in [-0.2, -0.15) is 0 Å². The molecule has 1 aliphatic heterocycles. The molecular formula is C25H42N4O4. The van der Waals surface area contributed by atoms with Crippen molar-refractivity contribution in [3.05, 3.63) is 23.5 Å². The summed E-state index contributed by atoms with van der Waals surface area (Å²) in [6, 6.07) is 0.0318. The van der Waals surface area contributed by atoms with Crippen LogP contribution in [0.4, 0.5) is 0 Å². The van der Waals surface area contributed by atoms with Crippen molar-refractivity contribution in [3.8, 4) is 0 Å². The van der Waals surface area contributed by atoms with Gasteiger partial charge in [-0.1, -0.05) is 31.9 Å². The summed E-state index contributed by atoms with van der Waals surface area (Å²) >= 11 is 0. The van der Waals surface area contributed by atoms with Crippen molar-refractivity contribution in [1.29, 1.82) is 0 Å². The molecule has 0 fully saturated rings. The van der Waals surface area contributed by atoms with Gasteiger partial charge in [0, 0.05) is 39.0 Å². The number of ether oxygens (including phenoxy) is 1. The number of hydrogen-bond donors (Lipinski definition) is 3. The highest BCUT2D eigenvalue weighted by Gasteiger charge is 2.20. The van der Waals surface area contributed by atoms with Crippen LogP contribution in [0.15, 0.2) is 23.5 Å². The number of hydrogen-bond acceptors (Lipinski definition) is 5. The van der Waals surface area contributed by atoms with Gasteiger partial charge in [0.15, 0.2) is 0 Å². The molecule has 0 saturated carbocycles. The lowest BCUT2D eigenvalue weighted by Crippen LogP contribution is -2.44. The molecule has 8 nitrogen and oxygen atoms in total. The van der Waals surface area contributed by atoms with Crippen LogP contribution in [0.2, 0.25) is 0 Å². The summed E-state index contributed by atoms with van der Waals surface area (Å²) in [6.07, 6.45) is 12.1. The van der Waals surface area contributed by atoms with Crippen molar-refractivity contribution < 1.29 is 19.1 Å². The number of likely N-dealkylation sites (N-methyl/N-ethyl adjacent to an activating group) is 1. The van der Waals surface area contributed by atoms with Gasteiger partial charge in [0.25, 0.3) is 0 Å². The second-order valence-electron chi connectivity index (χ2n) is 9.10. The molecule has 186 valence electrons. The number of amides is 3. The van der Waals surface area contributed by atoms with E-state index in [2.05, 4.69) is 41.9 Å². The van der Waals surface area contributed by atoms with E-state index in [1.54, 1.807) is 7.05 Å². The van der Waals surface area contributed by atoms with Crippen LogP contribution in [0.3, 0.4) is 0 Å². The average molecular weight is 463 g/mol. The van der Waals surface area contributed by atoms with Crippen LogP contribution in [0, 0.1) is 0 Å². The van der Waals surface area contributed by atoms with Gasteiger partial charge in [-0.25, -0.2) is 0 Å². The zero-order valence-corrected chi connectivity index (χ0v) is 20.6. The summed E-state index contributed by atoms with van der Waals surface area (Å²) in [4.78, 5) is 38.4. The van der Waals surface area contributed by atoms with Gasteiger partial charge in [0.2, 0.25) is 17.7 Å². The van der Waals surface area contributed by atoms with Crippen LogP contribution < -0.4 is 16.0 Å². The van der Waals surface area contributed by atoms with Gasteiger partial charge < -0.3 is 25.6 Å². The Bertz CT molecular complexity index is 719. The lowest BCUT2D eigenvalue weighted by Gasteiger charge is -2.25. The zero-order chi connectivity index (χ0) is 24.1. The first-order valence-electron chi connectivity index (χ1n) is 12.4. The van der Waals surface area contributed by atoms with E-state index in [1.807, 2.05) is 0 Å². The number of carbonyl (C=O) groups is 3. The van der Waals surface area contributed by atoms with Crippen LogP contribution >= 0.6 is 0 Å². The Hall–Kier alpha value is -2.35. The monoisotopic (exact) mass is 462 g/mol. The molecule has 3 amide bonds. The van der Waals surface area contributed by atoms with E-state index in [0.717, 1.165) is 57.1 Å². The predicted molar refractivity (Wildman–Crippen MR) is 129 cm³/mol. The Labute approximate surface area is 198 Å². The van der Waals surface area contributed by atoms with Crippen LogP contribution in [0.25, 0.3) is 0 Å². The topological polar surface area (TPSA) is 99.8 Å². The molecular weight excluding hydrogens is 420 g/mol. The molecule has 1 heterocycles. The van der Waals surface area contributed by atoms with Gasteiger partial charge in [0.1, 0.15) is 6.10 Å². The molecule has 2 atom stereocenters. The van der Waals surface area contributed by atoms with Crippen LogP contribution in [0.5, 0.6) is 0 Å². The minimum atomic E-state index is -0.334. The molecule has 0 aromatic rings. The normalized spacial score (nSPS) is 25.1. The third-order valence-corrected chi connectivity index (χ3v) is 6.07. The fourth-order valence-corrected chi connectivity index (χ4v) is 4.09. The van der Waals surface area contributed by atoms with Crippen molar-refractivity contribution in [3.63, 3.8) is 0 Å². The maximum Gasteiger partial charge on any atom is 0.240 e. The molecule has 2 aliphatic rings. The fraction of sp³-hybridized carbons (Fsp3) is 0.720. The number of nitrogens with zero attached hydrogens (tertiary/aromatic N) is 1. The first-order chi connectivity index (χ1) is 15.9. The maximum atomic E-state index is 12.7. The van der Waals surface area contributed by atoms with Crippen molar-refractivity contribution >= 4 is 17.7 Å². The highest BCUT2D eigenvalue weighted by Crippen LogP contribution is 2.25. The van der Waals surface area contributed by atoms with E-state index in [0.29, 0.717) is 19.5 Å². The van der Waals surface area contributed by atoms with Crippen molar-refractivity contribution in [2.24, 2.45) is 0 Å². The summed E-state index contributed by atoms with van der Waals surface area (Å²) < 4.78 is 6.36. The summed E-state index contributed by atoms with van der Waals surface area (Å²) in [5.74, 6) is 0.393. The van der Waals surface area contributed by atoms with Crippen LogP contribution in [0.1, 0.15) is 71.6 Å². The number of nitrogens with one attached hydrogen (secondary N) is 3. The molecule has 0 bridgehead atoms. The molecule has 1 aliphatic carbocycles. The minimum Gasteiger partial charge on any atom is -0.493 e. The summed E-state index contributed by atoms with van der Waals surface area (Å²) in [5.41, 5.74) is 1.31. The SMILES string of the molecule is CCCCC1CC(=O)N(C)CC(=O)NCC(=O)NCCCC2=C(CC=CCC2)O[C@H](C)CN1. The number of allylic oxidation sites excluding steroid dienone is 3. The van der Waals surface area contributed by atoms with Gasteiger partial charge in [-0.05, 0) is 44.6 Å². The molecule has 0 aromatic carbocycles. The Morgan fingerprint density at radius 1 is 1.12 bits per heavy atom. The van der Waals surface area contributed by atoms with Gasteiger partial charge >= 0.3 is 0 Å². The molecule has 0 spiro atoms. The van der Waals surface area contributed by atoms with Gasteiger partial charge in [-0.15, -0.1) is 0 Å². The third kappa shape index (κ3) is 10.4. The van der Waals surface area contributed by atoms with Crippen LogP contribution in [-0.4, -0.2) is 68.0 Å². The second-order valence-corrected chi connectivity index (χ2v) is 9.10. The molecule has 33 heavy (non-hydrogen) atoms. The van der Waals surface area contributed by atoms with Crippen molar-refractivity contribution in [2.75, 3.05) is 33.2 Å². The molecule has 2 rings (SSSR count).